The summed E-state index contributed by atoms with van der Waals surface area (Å²) >= 11 is 0. The van der Waals surface area contributed by atoms with Crippen LogP contribution in [0.3, 0.4) is 0 Å². The Balaban J connectivity index is -0.000000174. The molecular weight excluding hydrogens is 499 g/mol. The van der Waals surface area contributed by atoms with E-state index in [1.807, 2.05) is 0 Å². The Hall–Kier alpha value is -2.47. The Labute approximate surface area is 179 Å². The van der Waals surface area contributed by atoms with Crippen molar-refractivity contribution in [3.63, 3.8) is 0 Å². The molecule has 0 aliphatic carbocycles. The van der Waals surface area contributed by atoms with Crippen molar-refractivity contribution >= 4 is 17.3 Å². The average Bonchev–Trinajstić information content (AvgIpc) is 2.43. The van der Waals surface area contributed by atoms with Crippen molar-refractivity contribution in [1.29, 1.82) is 0 Å². The monoisotopic (exact) mass is 514 g/mol. The van der Waals surface area contributed by atoms with Crippen LogP contribution in [0.5, 0.6) is 0 Å². The number of hydrogen-bond donors (Lipinski definition) is 3. The second-order valence-electron chi connectivity index (χ2n) is 4.94. The number of halogens is 9. The number of alkyl halides is 9. The number of allylic oxidation sites excluding steroid dienone is 6. The molecule has 0 saturated carbocycles. The molecule has 0 atom stereocenters. The molecule has 0 unspecified atom stereocenters. The third kappa shape index (κ3) is 23.7. The van der Waals surface area contributed by atoms with Crippen LogP contribution >= 0.6 is 0 Å². The van der Waals surface area contributed by atoms with Gasteiger partial charge >= 0.3 is 18.5 Å². The van der Waals surface area contributed by atoms with E-state index in [1.165, 1.54) is 0 Å². The summed E-state index contributed by atoms with van der Waals surface area (Å²) in [6.07, 6.45) is -14.3. The van der Waals surface area contributed by atoms with Crippen molar-refractivity contribution in [2.45, 2.75) is 39.3 Å². The fourth-order valence-corrected chi connectivity index (χ4v) is 0.815. The zero-order chi connectivity index (χ0) is 25.1. The molecule has 0 radical (unpaired) electrons. The van der Waals surface area contributed by atoms with Gasteiger partial charge in [-0.1, -0.05) is 0 Å². The van der Waals surface area contributed by atoms with Gasteiger partial charge in [-0.05, 0) is 20.8 Å². The molecule has 0 amide bonds. The number of rotatable bonds is 3. The molecule has 0 fully saturated rings. The van der Waals surface area contributed by atoms with Crippen LogP contribution in [0.15, 0.2) is 35.5 Å². The van der Waals surface area contributed by atoms with E-state index in [-0.39, 0.29) is 35.6 Å². The predicted molar refractivity (Wildman–Crippen MR) is 82.3 cm³/mol. The molecule has 0 spiro atoms. The van der Waals surface area contributed by atoms with E-state index < -0.39 is 53.2 Å². The predicted octanol–water partition coefficient (Wildman–Crippen LogP) is 4.74. The van der Waals surface area contributed by atoms with Crippen molar-refractivity contribution in [2.24, 2.45) is 0 Å². The van der Waals surface area contributed by atoms with Gasteiger partial charge in [-0.3, -0.25) is 14.4 Å². The van der Waals surface area contributed by atoms with Gasteiger partial charge < -0.3 is 15.3 Å². The first-order valence-electron chi connectivity index (χ1n) is 6.97. The molecule has 6 nitrogen and oxygen atoms in total. The third-order valence-corrected chi connectivity index (χ3v) is 1.86. The molecule has 0 aromatic carbocycles. The SMILES string of the molecule is C/C(O)=C\C(=O)C(F)(F)F.C/C(O)=C\C(=O)C(F)(F)F.CC(O)=CC(=O)C(F)(F)F.[Cr]. The van der Waals surface area contributed by atoms with Crippen LogP contribution in [0.1, 0.15) is 20.8 Å². The van der Waals surface area contributed by atoms with E-state index in [0.717, 1.165) is 20.8 Å². The Bertz CT molecular complexity index is 594. The summed E-state index contributed by atoms with van der Waals surface area (Å²) in [5, 5.41) is 24.7. The normalized spacial score (nSPS) is 13.0. The molecule has 0 aliphatic heterocycles. The van der Waals surface area contributed by atoms with Gasteiger partial charge in [0.1, 0.15) is 0 Å². The van der Waals surface area contributed by atoms with Crippen molar-refractivity contribution in [1.82, 2.24) is 0 Å². The van der Waals surface area contributed by atoms with Gasteiger partial charge in [0.05, 0.1) is 17.3 Å². The first-order valence-corrected chi connectivity index (χ1v) is 6.97. The van der Waals surface area contributed by atoms with Crippen LogP contribution in [0.4, 0.5) is 39.5 Å². The largest absolute Gasteiger partial charge is 0.512 e. The number of ketones is 3. The number of carbonyl (C=O) groups excluding carboxylic acids is 3. The second kappa shape index (κ2) is 14.5. The number of carbonyl (C=O) groups is 3. The maximum atomic E-state index is 11.3. The zero-order valence-electron chi connectivity index (χ0n) is 15.6. The number of aliphatic hydroxyl groups is 3. The van der Waals surface area contributed by atoms with Gasteiger partial charge in [-0.15, -0.1) is 0 Å². The quantitative estimate of drug-likeness (QED) is 0.285. The molecule has 0 aromatic heterocycles. The molecule has 0 rings (SSSR count). The first-order chi connectivity index (χ1) is 13.0. The standard InChI is InChI=1S/3C5H5F3O2.Cr/c3*1-3(9)2-4(10)5(6,7)8;/h3*2,9H,1H3;/b2*3-2+;;. The molecule has 0 bridgehead atoms. The minimum Gasteiger partial charge on any atom is -0.512 e. The first kappa shape index (κ1) is 35.9. The molecule has 0 saturated heterocycles. The molecule has 3 N–H and O–H groups in total. The van der Waals surface area contributed by atoms with Crippen molar-refractivity contribution < 1.29 is 86.6 Å². The van der Waals surface area contributed by atoms with Crippen LogP contribution in [0.2, 0.25) is 0 Å². The van der Waals surface area contributed by atoms with Gasteiger partial charge in [-0.25, -0.2) is 0 Å². The molecule has 180 valence electrons. The van der Waals surface area contributed by atoms with E-state index in [2.05, 4.69) is 0 Å². The van der Waals surface area contributed by atoms with Gasteiger partial charge in [0.25, 0.3) is 17.3 Å². The van der Waals surface area contributed by atoms with Crippen molar-refractivity contribution in [2.75, 3.05) is 0 Å². The van der Waals surface area contributed by atoms with Crippen LogP contribution in [0.25, 0.3) is 0 Å². The minimum absolute atomic E-state index is 0. The van der Waals surface area contributed by atoms with E-state index in [0.29, 0.717) is 0 Å². The van der Waals surface area contributed by atoms with Gasteiger partial charge in [0.15, 0.2) is 0 Å². The topological polar surface area (TPSA) is 112 Å². The Morgan fingerprint density at radius 3 is 0.677 bits per heavy atom. The van der Waals surface area contributed by atoms with Gasteiger partial charge in [-0.2, -0.15) is 39.5 Å². The van der Waals surface area contributed by atoms with E-state index in [1.54, 1.807) is 0 Å². The Kier molecular flexibility index (Phi) is 16.8. The summed E-state index contributed by atoms with van der Waals surface area (Å²) in [4.78, 5) is 29.7. The smallest absolute Gasteiger partial charge is 0.454 e. The Morgan fingerprint density at radius 2 is 0.645 bits per heavy atom. The van der Waals surface area contributed by atoms with Crippen LogP contribution in [-0.4, -0.2) is 51.2 Å². The summed E-state index contributed by atoms with van der Waals surface area (Å²) in [5.41, 5.74) is 0. The molecule has 0 heterocycles. The van der Waals surface area contributed by atoms with Crippen LogP contribution in [0, 0.1) is 0 Å². The van der Waals surface area contributed by atoms with Crippen molar-refractivity contribution in [3.05, 3.63) is 35.5 Å². The summed E-state index contributed by atoms with van der Waals surface area (Å²) in [7, 11) is 0. The maximum Gasteiger partial charge on any atom is 0.454 e. The second-order valence-corrected chi connectivity index (χ2v) is 4.94. The molecule has 0 aliphatic rings. The summed E-state index contributed by atoms with van der Waals surface area (Å²) < 4.78 is 102. The number of aliphatic hydroxyl groups excluding tert-OH is 3. The molecule has 31 heavy (non-hydrogen) atoms. The molecule has 16 heteroatoms. The average molecular weight is 514 g/mol. The van der Waals surface area contributed by atoms with E-state index >= 15 is 0 Å². The van der Waals surface area contributed by atoms with E-state index in [4.69, 9.17) is 15.3 Å². The van der Waals surface area contributed by atoms with E-state index in [9.17, 15) is 53.9 Å². The van der Waals surface area contributed by atoms with Crippen molar-refractivity contribution in [3.8, 4) is 0 Å². The summed E-state index contributed by atoms with van der Waals surface area (Å²) in [6, 6.07) is 0. The fraction of sp³-hybridized carbons (Fsp3) is 0.400. The third-order valence-electron chi connectivity index (χ3n) is 1.86. The Morgan fingerprint density at radius 1 is 0.516 bits per heavy atom. The van der Waals surface area contributed by atoms with Gasteiger partial charge in [0, 0.05) is 35.6 Å². The fourth-order valence-electron chi connectivity index (χ4n) is 0.815. The van der Waals surface area contributed by atoms with Crippen LogP contribution < -0.4 is 0 Å². The molecule has 0 aromatic rings. The minimum atomic E-state index is -4.88. The zero-order valence-corrected chi connectivity index (χ0v) is 16.9. The van der Waals surface area contributed by atoms with Gasteiger partial charge in [0.2, 0.25) is 0 Å². The summed E-state index contributed by atoms with van der Waals surface area (Å²) in [5.74, 6) is -8.10. The van der Waals surface area contributed by atoms with Crippen LogP contribution in [-0.2, 0) is 31.7 Å². The maximum absolute atomic E-state index is 11.3. The molecular formula is C15H15CrF9O6. The number of hydrogen-bond acceptors (Lipinski definition) is 6. The summed E-state index contributed by atoms with van der Waals surface area (Å²) in [6.45, 7) is 2.97.